The molecule has 226 valence electrons. The van der Waals surface area contributed by atoms with Gasteiger partial charge in [0.1, 0.15) is 23.4 Å². The first-order valence-corrected chi connectivity index (χ1v) is 14.6. The molecule has 8 heteroatoms. The molecule has 0 aliphatic heterocycles. The predicted octanol–water partition coefficient (Wildman–Crippen LogP) is 6.12. The third-order valence-corrected chi connectivity index (χ3v) is 7.26. The van der Waals surface area contributed by atoms with Gasteiger partial charge < -0.3 is 25.4 Å². The topological polar surface area (TPSA) is 108 Å². The average Bonchev–Trinajstić information content (AvgIpc) is 2.88. The molecule has 0 saturated heterocycles. The minimum absolute atomic E-state index is 0.0679. The van der Waals surface area contributed by atoms with E-state index in [0.29, 0.717) is 6.42 Å². The number of carbonyl (C=O) groups is 3. The number of benzene rings is 2. The summed E-state index contributed by atoms with van der Waals surface area (Å²) < 4.78 is 5.51. The maximum Gasteiger partial charge on any atom is 0.408 e. The number of phenolic OH excluding ortho intramolecular Hbond substituents is 1. The standard InChI is InChI=1S/C33H49N3O5/c1-10-13-22(4)34-30(38)29(27-15-12-14-21(3)24(27)6)36(23(5)11-2)31(39)28(35-32(40)41-33(7,8)9)20-25-16-18-26(37)19-17-25/h12,14-19,22-23,28-29,37H,10-11,13,20H2,1-9H3,(H,34,38)(H,35,40). The maximum atomic E-state index is 14.6. The average molecular weight is 568 g/mol. The lowest BCUT2D eigenvalue weighted by atomic mass is 9.93. The lowest BCUT2D eigenvalue weighted by Gasteiger charge is -2.39. The van der Waals surface area contributed by atoms with Crippen LogP contribution in [0.2, 0.25) is 0 Å². The molecule has 2 rings (SSSR count). The lowest BCUT2D eigenvalue weighted by molar-refractivity contribution is -0.145. The van der Waals surface area contributed by atoms with Gasteiger partial charge in [-0.2, -0.15) is 0 Å². The van der Waals surface area contributed by atoms with Crippen LogP contribution in [0.5, 0.6) is 5.75 Å². The third kappa shape index (κ3) is 9.80. The molecule has 0 saturated carbocycles. The number of hydrogen-bond donors (Lipinski definition) is 3. The molecule has 0 aliphatic rings. The highest BCUT2D eigenvalue weighted by Crippen LogP contribution is 2.30. The molecule has 0 aliphatic carbocycles. The summed E-state index contributed by atoms with van der Waals surface area (Å²) in [5.74, 6) is -0.540. The van der Waals surface area contributed by atoms with Crippen molar-refractivity contribution in [3.63, 3.8) is 0 Å². The van der Waals surface area contributed by atoms with Crippen LogP contribution in [-0.4, -0.2) is 51.6 Å². The zero-order valence-electron chi connectivity index (χ0n) is 26.2. The molecule has 3 amide bonds. The van der Waals surface area contributed by atoms with E-state index in [1.165, 1.54) is 12.1 Å². The number of aryl methyl sites for hydroxylation is 1. The Bertz CT molecular complexity index is 1170. The van der Waals surface area contributed by atoms with Crippen LogP contribution in [0.3, 0.4) is 0 Å². The summed E-state index contributed by atoms with van der Waals surface area (Å²) in [6, 6.07) is 9.98. The first-order chi connectivity index (χ1) is 19.2. The Morgan fingerprint density at radius 3 is 2.17 bits per heavy atom. The lowest BCUT2D eigenvalue weighted by Crippen LogP contribution is -2.56. The summed E-state index contributed by atoms with van der Waals surface area (Å²) in [5.41, 5.74) is 2.69. The van der Waals surface area contributed by atoms with Crippen molar-refractivity contribution in [1.29, 1.82) is 0 Å². The summed E-state index contributed by atoms with van der Waals surface area (Å²) in [7, 11) is 0. The fourth-order valence-corrected chi connectivity index (χ4v) is 4.81. The maximum absolute atomic E-state index is 14.6. The molecule has 0 aromatic heterocycles. The zero-order valence-corrected chi connectivity index (χ0v) is 26.2. The summed E-state index contributed by atoms with van der Waals surface area (Å²) in [4.78, 5) is 43.2. The number of hydrogen-bond acceptors (Lipinski definition) is 5. The predicted molar refractivity (Wildman–Crippen MR) is 163 cm³/mol. The van der Waals surface area contributed by atoms with E-state index in [1.54, 1.807) is 37.8 Å². The van der Waals surface area contributed by atoms with Gasteiger partial charge in [0.2, 0.25) is 11.8 Å². The van der Waals surface area contributed by atoms with Crippen LogP contribution in [0.1, 0.15) is 96.0 Å². The molecule has 4 atom stereocenters. The highest BCUT2D eigenvalue weighted by molar-refractivity contribution is 5.93. The third-order valence-electron chi connectivity index (χ3n) is 7.26. The fraction of sp³-hybridized carbons (Fsp3) is 0.545. The smallest absolute Gasteiger partial charge is 0.408 e. The van der Waals surface area contributed by atoms with Crippen LogP contribution in [0.25, 0.3) is 0 Å². The molecular formula is C33H49N3O5. The second-order valence-corrected chi connectivity index (χ2v) is 12.0. The van der Waals surface area contributed by atoms with E-state index in [4.69, 9.17) is 4.74 Å². The molecule has 3 N–H and O–H groups in total. The summed E-state index contributed by atoms with van der Waals surface area (Å²) in [6.45, 7) is 17.1. The van der Waals surface area contributed by atoms with Gasteiger partial charge >= 0.3 is 6.09 Å². The number of amides is 3. The highest BCUT2D eigenvalue weighted by atomic mass is 16.6. The van der Waals surface area contributed by atoms with Gasteiger partial charge in [0.05, 0.1) is 0 Å². The van der Waals surface area contributed by atoms with E-state index in [1.807, 2.05) is 52.8 Å². The Labute approximate surface area is 245 Å². The second-order valence-electron chi connectivity index (χ2n) is 12.0. The van der Waals surface area contributed by atoms with Crippen LogP contribution >= 0.6 is 0 Å². The minimum Gasteiger partial charge on any atom is -0.508 e. The second kappa shape index (κ2) is 14.9. The molecule has 4 unspecified atom stereocenters. The first-order valence-electron chi connectivity index (χ1n) is 14.6. The monoisotopic (exact) mass is 567 g/mol. The largest absolute Gasteiger partial charge is 0.508 e. The quantitative estimate of drug-likeness (QED) is 0.286. The van der Waals surface area contributed by atoms with Crippen molar-refractivity contribution in [1.82, 2.24) is 15.5 Å². The van der Waals surface area contributed by atoms with Crippen molar-refractivity contribution in [3.8, 4) is 5.75 Å². The number of phenols is 1. The number of alkyl carbamates (subject to hydrolysis) is 1. The molecule has 2 aromatic carbocycles. The Hall–Kier alpha value is -3.55. The summed E-state index contributed by atoms with van der Waals surface area (Å²) in [5, 5.41) is 15.7. The Morgan fingerprint density at radius 1 is 0.976 bits per heavy atom. The molecule has 0 heterocycles. The minimum atomic E-state index is -1.02. The molecular weight excluding hydrogens is 518 g/mol. The number of carbonyl (C=O) groups excluding carboxylic acids is 3. The van der Waals surface area contributed by atoms with Crippen molar-refractivity contribution in [3.05, 3.63) is 64.7 Å². The Balaban J connectivity index is 2.65. The SMILES string of the molecule is CCCC(C)NC(=O)C(c1cccc(C)c1C)N(C(=O)C(Cc1ccc(O)cc1)NC(=O)OC(C)(C)C)C(C)CC. The van der Waals surface area contributed by atoms with E-state index in [0.717, 1.165) is 35.1 Å². The van der Waals surface area contributed by atoms with Crippen LogP contribution in [-0.2, 0) is 20.7 Å². The molecule has 2 aromatic rings. The van der Waals surface area contributed by atoms with Crippen LogP contribution < -0.4 is 10.6 Å². The van der Waals surface area contributed by atoms with Gasteiger partial charge in [0.15, 0.2) is 0 Å². The normalized spacial score (nSPS) is 14.4. The Kier molecular flexibility index (Phi) is 12.2. The van der Waals surface area contributed by atoms with Gasteiger partial charge in [0.25, 0.3) is 0 Å². The van der Waals surface area contributed by atoms with Gasteiger partial charge in [-0.05, 0) is 95.7 Å². The number of aromatic hydroxyl groups is 1. The molecule has 0 bridgehead atoms. The fourth-order valence-electron chi connectivity index (χ4n) is 4.81. The zero-order chi connectivity index (χ0) is 30.9. The van der Waals surface area contributed by atoms with Gasteiger partial charge in [-0.1, -0.05) is 50.6 Å². The number of nitrogens with zero attached hydrogens (tertiary/aromatic N) is 1. The Morgan fingerprint density at radius 2 is 1.61 bits per heavy atom. The summed E-state index contributed by atoms with van der Waals surface area (Å²) >= 11 is 0. The highest BCUT2D eigenvalue weighted by Gasteiger charge is 2.39. The van der Waals surface area contributed by atoms with Crippen molar-refractivity contribution in [2.24, 2.45) is 0 Å². The van der Waals surface area contributed by atoms with Crippen molar-refractivity contribution in [2.75, 3.05) is 0 Å². The van der Waals surface area contributed by atoms with Crippen LogP contribution in [0, 0.1) is 13.8 Å². The van der Waals surface area contributed by atoms with Gasteiger partial charge in [-0.3, -0.25) is 9.59 Å². The van der Waals surface area contributed by atoms with E-state index >= 15 is 0 Å². The van der Waals surface area contributed by atoms with Crippen LogP contribution in [0.15, 0.2) is 42.5 Å². The molecule has 0 radical (unpaired) electrons. The van der Waals surface area contributed by atoms with E-state index in [2.05, 4.69) is 17.6 Å². The van der Waals surface area contributed by atoms with Crippen molar-refractivity contribution in [2.45, 2.75) is 118 Å². The van der Waals surface area contributed by atoms with Crippen molar-refractivity contribution < 1.29 is 24.2 Å². The molecule has 0 fully saturated rings. The van der Waals surface area contributed by atoms with E-state index in [9.17, 15) is 19.5 Å². The van der Waals surface area contributed by atoms with Gasteiger partial charge in [-0.15, -0.1) is 0 Å². The molecule has 8 nitrogen and oxygen atoms in total. The van der Waals surface area contributed by atoms with Gasteiger partial charge in [-0.25, -0.2) is 4.79 Å². The summed E-state index contributed by atoms with van der Waals surface area (Å²) in [6.07, 6.45) is 1.76. The van der Waals surface area contributed by atoms with E-state index in [-0.39, 0.29) is 36.1 Å². The van der Waals surface area contributed by atoms with Gasteiger partial charge in [0, 0.05) is 18.5 Å². The van der Waals surface area contributed by atoms with Crippen molar-refractivity contribution >= 4 is 17.9 Å². The first kappa shape index (κ1) is 33.7. The molecule has 0 spiro atoms. The van der Waals surface area contributed by atoms with E-state index < -0.39 is 23.8 Å². The number of nitrogens with one attached hydrogen (secondary N) is 2. The number of ether oxygens (including phenoxy) is 1. The number of rotatable bonds is 12. The van der Waals surface area contributed by atoms with Crippen LogP contribution in [0.4, 0.5) is 4.79 Å². The molecule has 41 heavy (non-hydrogen) atoms.